The van der Waals surface area contributed by atoms with E-state index in [1.807, 2.05) is 11.8 Å². The Balaban J connectivity index is 1.41. The van der Waals surface area contributed by atoms with E-state index in [1.165, 1.54) is 23.3 Å². The van der Waals surface area contributed by atoms with E-state index in [0.717, 1.165) is 55.3 Å². The monoisotopic (exact) mass is 330 g/mol. The number of nitrogens with one attached hydrogen (secondary N) is 1. The number of hydrogen-bond donors (Lipinski definition) is 1. The number of carbonyl (C=O) groups excluding carboxylic acids is 1. The predicted molar refractivity (Wildman–Crippen MR) is 90.0 cm³/mol. The summed E-state index contributed by atoms with van der Waals surface area (Å²) in [6, 6.07) is 2.15. The summed E-state index contributed by atoms with van der Waals surface area (Å²) in [5.41, 5.74) is 1.41. The quantitative estimate of drug-likeness (QED) is 0.920. The fourth-order valence-corrected chi connectivity index (χ4v) is 4.86. The van der Waals surface area contributed by atoms with Gasteiger partial charge in [0.15, 0.2) is 5.82 Å². The van der Waals surface area contributed by atoms with E-state index in [9.17, 15) is 4.79 Å². The van der Waals surface area contributed by atoms with Crippen molar-refractivity contribution < 1.29 is 4.79 Å². The van der Waals surface area contributed by atoms with E-state index >= 15 is 0 Å². The molecule has 1 aliphatic heterocycles. The number of hydrogen-bond acceptors (Lipinski definition) is 4. The van der Waals surface area contributed by atoms with Crippen LogP contribution >= 0.6 is 11.3 Å². The van der Waals surface area contributed by atoms with Crippen LogP contribution in [0, 0.1) is 6.92 Å². The predicted octanol–water partition coefficient (Wildman–Crippen LogP) is 3.07. The van der Waals surface area contributed by atoms with Crippen molar-refractivity contribution in [2.75, 3.05) is 13.1 Å². The molecule has 0 atom stereocenters. The number of amides is 1. The molecule has 2 aromatic rings. The molecular formula is C17H22N4OS. The Labute approximate surface area is 140 Å². The zero-order chi connectivity index (χ0) is 15.8. The normalized spacial score (nSPS) is 18.9. The molecule has 2 aromatic heterocycles. The number of H-pyrrole nitrogens is 1. The summed E-state index contributed by atoms with van der Waals surface area (Å²) < 4.78 is 0. The van der Waals surface area contributed by atoms with Crippen molar-refractivity contribution in [3.05, 3.63) is 33.0 Å². The van der Waals surface area contributed by atoms with Gasteiger partial charge in [-0.2, -0.15) is 5.10 Å². The summed E-state index contributed by atoms with van der Waals surface area (Å²) in [5.74, 6) is 2.36. The SMILES string of the molecule is Cc1nc(C2CCN(C(=O)c3cc4c(s3)CCCC4)CC2)n[nH]1. The minimum Gasteiger partial charge on any atom is -0.338 e. The van der Waals surface area contributed by atoms with E-state index in [0.29, 0.717) is 5.92 Å². The van der Waals surface area contributed by atoms with Crippen LogP contribution in [0.15, 0.2) is 6.07 Å². The summed E-state index contributed by atoms with van der Waals surface area (Å²) in [7, 11) is 0. The Kier molecular flexibility index (Phi) is 3.93. The van der Waals surface area contributed by atoms with Crippen LogP contribution in [0.25, 0.3) is 0 Å². The number of thiophene rings is 1. The first kappa shape index (κ1) is 14.9. The average molecular weight is 330 g/mol. The highest BCUT2D eigenvalue weighted by atomic mass is 32.1. The molecule has 3 heterocycles. The molecule has 0 radical (unpaired) electrons. The molecule has 122 valence electrons. The molecule has 0 saturated carbocycles. The number of rotatable bonds is 2. The van der Waals surface area contributed by atoms with Gasteiger partial charge in [0.2, 0.25) is 0 Å². The summed E-state index contributed by atoms with van der Waals surface area (Å²) in [5, 5.41) is 7.19. The fraction of sp³-hybridized carbons (Fsp3) is 0.588. The lowest BCUT2D eigenvalue weighted by Gasteiger charge is -2.30. The van der Waals surface area contributed by atoms with Crippen LogP contribution in [0.3, 0.4) is 0 Å². The van der Waals surface area contributed by atoms with Crippen LogP contribution in [0.2, 0.25) is 0 Å². The number of aryl methyl sites for hydroxylation is 3. The first-order valence-corrected chi connectivity index (χ1v) is 9.32. The summed E-state index contributed by atoms with van der Waals surface area (Å²) >= 11 is 1.72. The van der Waals surface area contributed by atoms with Gasteiger partial charge in [0.25, 0.3) is 5.91 Å². The first-order chi connectivity index (χ1) is 11.2. The molecule has 1 N–H and O–H groups in total. The highest BCUT2D eigenvalue weighted by Gasteiger charge is 2.28. The highest BCUT2D eigenvalue weighted by molar-refractivity contribution is 7.14. The van der Waals surface area contributed by atoms with Crippen LogP contribution < -0.4 is 0 Å². The van der Waals surface area contributed by atoms with Crippen molar-refractivity contribution in [2.24, 2.45) is 0 Å². The molecule has 1 saturated heterocycles. The zero-order valence-corrected chi connectivity index (χ0v) is 14.3. The van der Waals surface area contributed by atoms with Gasteiger partial charge in [-0.05, 0) is 57.1 Å². The van der Waals surface area contributed by atoms with Gasteiger partial charge in [0.05, 0.1) is 4.88 Å². The Morgan fingerprint density at radius 2 is 2.09 bits per heavy atom. The van der Waals surface area contributed by atoms with Crippen molar-refractivity contribution in [2.45, 2.75) is 51.4 Å². The molecule has 1 fully saturated rings. The highest BCUT2D eigenvalue weighted by Crippen LogP contribution is 2.32. The maximum Gasteiger partial charge on any atom is 0.263 e. The lowest BCUT2D eigenvalue weighted by Crippen LogP contribution is -2.37. The van der Waals surface area contributed by atoms with Gasteiger partial charge in [-0.15, -0.1) is 11.3 Å². The minimum atomic E-state index is 0.217. The molecule has 0 unspecified atom stereocenters. The molecule has 2 aliphatic rings. The van der Waals surface area contributed by atoms with Crippen molar-refractivity contribution in [1.82, 2.24) is 20.1 Å². The van der Waals surface area contributed by atoms with Gasteiger partial charge in [0, 0.05) is 23.9 Å². The molecule has 0 spiro atoms. The summed E-state index contributed by atoms with van der Waals surface area (Å²) in [4.78, 5) is 21.6. The molecule has 1 amide bonds. The Morgan fingerprint density at radius 3 is 2.78 bits per heavy atom. The number of fused-ring (bicyclic) bond motifs is 1. The van der Waals surface area contributed by atoms with Crippen molar-refractivity contribution >= 4 is 17.2 Å². The Hall–Kier alpha value is -1.69. The third-order valence-corrected chi connectivity index (χ3v) is 6.19. The molecule has 0 aromatic carbocycles. The number of likely N-dealkylation sites (tertiary alicyclic amines) is 1. The van der Waals surface area contributed by atoms with Gasteiger partial charge < -0.3 is 4.90 Å². The molecule has 4 rings (SSSR count). The smallest absolute Gasteiger partial charge is 0.263 e. The Morgan fingerprint density at radius 1 is 1.30 bits per heavy atom. The lowest BCUT2D eigenvalue weighted by atomic mass is 9.96. The van der Waals surface area contributed by atoms with Gasteiger partial charge in [0.1, 0.15) is 5.82 Å². The van der Waals surface area contributed by atoms with Crippen molar-refractivity contribution in [3.8, 4) is 0 Å². The fourth-order valence-electron chi connectivity index (χ4n) is 3.64. The van der Waals surface area contributed by atoms with Crippen LogP contribution in [0.1, 0.15) is 63.4 Å². The van der Waals surface area contributed by atoms with Crippen LogP contribution in [0.4, 0.5) is 0 Å². The van der Waals surface area contributed by atoms with E-state index < -0.39 is 0 Å². The van der Waals surface area contributed by atoms with Crippen molar-refractivity contribution in [3.63, 3.8) is 0 Å². The third-order valence-electron chi connectivity index (χ3n) is 4.97. The number of aromatic nitrogens is 3. The second-order valence-corrected chi connectivity index (χ2v) is 7.75. The van der Waals surface area contributed by atoms with Gasteiger partial charge in [-0.1, -0.05) is 0 Å². The standard InChI is InChI=1S/C17H22N4OS/c1-11-18-16(20-19-11)12-6-8-21(9-7-12)17(22)15-10-13-4-2-3-5-14(13)23-15/h10,12H,2-9H2,1H3,(H,18,19,20). The molecule has 5 nitrogen and oxygen atoms in total. The van der Waals surface area contributed by atoms with Crippen molar-refractivity contribution in [1.29, 1.82) is 0 Å². The molecule has 23 heavy (non-hydrogen) atoms. The van der Waals surface area contributed by atoms with E-state index in [4.69, 9.17) is 0 Å². The second-order valence-electron chi connectivity index (χ2n) is 6.61. The van der Waals surface area contributed by atoms with Gasteiger partial charge >= 0.3 is 0 Å². The molecule has 6 heteroatoms. The minimum absolute atomic E-state index is 0.217. The largest absolute Gasteiger partial charge is 0.338 e. The van der Waals surface area contributed by atoms with Crippen LogP contribution in [-0.4, -0.2) is 39.1 Å². The van der Waals surface area contributed by atoms with Gasteiger partial charge in [-0.3, -0.25) is 9.89 Å². The summed E-state index contributed by atoms with van der Waals surface area (Å²) in [6.45, 7) is 3.53. The van der Waals surface area contributed by atoms with E-state index in [1.54, 1.807) is 11.3 Å². The topological polar surface area (TPSA) is 61.9 Å². The van der Waals surface area contributed by atoms with E-state index in [2.05, 4.69) is 21.2 Å². The number of carbonyl (C=O) groups is 1. The lowest BCUT2D eigenvalue weighted by molar-refractivity contribution is 0.0716. The average Bonchev–Trinajstić information content (AvgIpc) is 3.20. The third kappa shape index (κ3) is 2.92. The second kappa shape index (κ2) is 6.07. The van der Waals surface area contributed by atoms with Crippen LogP contribution in [0.5, 0.6) is 0 Å². The first-order valence-electron chi connectivity index (χ1n) is 8.50. The van der Waals surface area contributed by atoms with Gasteiger partial charge in [-0.25, -0.2) is 4.98 Å². The molecule has 0 bridgehead atoms. The number of piperidine rings is 1. The Bertz CT molecular complexity index is 689. The maximum absolute atomic E-state index is 12.8. The summed E-state index contributed by atoms with van der Waals surface area (Å²) in [6.07, 6.45) is 6.73. The molecular weight excluding hydrogens is 308 g/mol. The zero-order valence-electron chi connectivity index (χ0n) is 13.5. The van der Waals surface area contributed by atoms with Crippen LogP contribution in [-0.2, 0) is 12.8 Å². The number of nitrogens with zero attached hydrogens (tertiary/aromatic N) is 3. The number of aromatic amines is 1. The van der Waals surface area contributed by atoms with E-state index in [-0.39, 0.29) is 5.91 Å². The maximum atomic E-state index is 12.8. The molecule has 1 aliphatic carbocycles.